The number of aromatic nitrogens is 4. The molecule has 1 aliphatic carbocycles. The minimum absolute atomic E-state index is 0.0125. The number of imidazole rings is 1. The molecule has 1 aliphatic rings. The van der Waals surface area contributed by atoms with E-state index >= 15 is 0 Å². The number of fused-ring (bicyclic) bond motifs is 1. The minimum atomic E-state index is -0.519. The Balaban J connectivity index is 1.92. The van der Waals surface area contributed by atoms with Crippen LogP contribution in [0.15, 0.2) is 9.59 Å². The lowest BCUT2D eigenvalue weighted by Crippen LogP contribution is -2.45. The van der Waals surface area contributed by atoms with Gasteiger partial charge in [-0.25, -0.2) is 4.79 Å². The van der Waals surface area contributed by atoms with Crippen molar-refractivity contribution >= 4 is 28.7 Å². The minimum Gasteiger partial charge on any atom is -0.352 e. The maximum atomic E-state index is 12.6. The molecule has 1 saturated carbocycles. The average molecular weight is 382 g/mol. The second kappa shape index (κ2) is 6.90. The van der Waals surface area contributed by atoms with Crippen LogP contribution in [0.1, 0.15) is 33.1 Å². The lowest BCUT2D eigenvalue weighted by Gasteiger charge is -2.34. The summed E-state index contributed by atoms with van der Waals surface area (Å²) in [5, 5.41) is 3.08. The Bertz CT molecular complexity index is 973. The van der Waals surface area contributed by atoms with Gasteiger partial charge in [0.15, 0.2) is 11.2 Å². The number of nitrogens with zero attached hydrogens (tertiary/aromatic N) is 4. The number of carbonyl (C=O) groups excluding carboxylic acids is 1. The van der Waals surface area contributed by atoms with E-state index in [1.54, 1.807) is 0 Å². The van der Waals surface area contributed by atoms with Crippen molar-refractivity contribution < 1.29 is 4.79 Å². The monoisotopic (exact) mass is 381 g/mol. The average Bonchev–Trinajstić information content (AvgIpc) is 2.92. The lowest BCUT2D eigenvalue weighted by atomic mass is 9.78. The predicted octanol–water partition coefficient (Wildman–Crippen LogP) is 1.03. The van der Waals surface area contributed by atoms with Gasteiger partial charge in [0.05, 0.1) is 0 Å². The van der Waals surface area contributed by atoms with Crippen molar-refractivity contribution in [1.82, 2.24) is 24.0 Å². The quantitative estimate of drug-likeness (QED) is 0.804. The van der Waals surface area contributed by atoms with Gasteiger partial charge in [-0.05, 0) is 29.9 Å². The molecular weight excluding hydrogens is 358 g/mol. The molecule has 3 rings (SSSR count). The highest BCUT2D eigenvalue weighted by Crippen LogP contribution is 2.29. The standard InChI is InChI=1S/C17H24ClN5O3/c1-9-6-5-7-11(10(9)2)19-12(24)8-23-13-14(20-16(23)18)21(3)17(26)22(4)15(13)25/h9-11H,5-8H2,1-4H3,(H,19,24)/t9-,10-,11+/m1/s1. The Hall–Kier alpha value is -2.09. The Morgan fingerprint density at radius 1 is 1.23 bits per heavy atom. The molecule has 0 saturated heterocycles. The van der Waals surface area contributed by atoms with Gasteiger partial charge in [-0.2, -0.15) is 4.98 Å². The molecule has 2 aromatic heterocycles. The van der Waals surface area contributed by atoms with Crippen molar-refractivity contribution in [2.24, 2.45) is 25.9 Å². The van der Waals surface area contributed by atoms with E-state index in [4.69, 9.17) is 11.6 Å². The van der Waals surface area contributed by atoms with Crippen LogP contribution in [-0.2, 0) is 25.4 Å². The SMILES string of the molecule is C[C@@H]1[C@H](C)CCC[C@@H]1NC(=O)Cn1c(Cl)nc2c1c(=O)n(C)c(=O)n2C. The summed E-state index contributed by atoms with van der Waals surface area (Å²) in [7, 11) is 2.91. The fraction of sp³-hybridized carbons (Fsp3) is 0.647. The van der Waals surface area contributed by atoms with Gasteiger partial charge in [-0.1, -0.05) is 26.7 Å². The summed E-state index contributed by atoms with van der Waals surface area (Å²) in [6, 6.07) is 0.118. The fourth-order valence-electron chi connectivity index (χ4n) is 3.75. The van der Waals surface area contributed by atoms with Gasteiger partial charge >= 0.3 is 5.69 Å². The van der Waals surface area contributed by atoms with E-state index in [1.165, 1.54) is 29.7 Å². The van der Waals surface area contributed by atoms with Crippen molar-refractivity contribution in [3.63, 3.8) is 0 Å². The summed E-state index contributed by atoms with van der Waals surface area (Å²) in [6.07, 6.45) is 3.22. The molecule has 0 spiro atoms. The number of carbonyl (C=O) groups is 1. The first-order valence-corrected chi connectivity index (χ1v) is 9.21. The summed E-state index contributed by atoms with van der Waals surface area (Å²) in [5.74, 6) is 0.748. The second-order valence-corrected chi connectivity index (χ2v) is 7.62. The maximum absolute atomic E-state index is 12.6. The van der Waals surface area contributed by atoms with Crippen molar-refractivity contribution in [3.8, 4) is 0 Å². The first-order chi connectivity index (χ1) is 12.2. The van der Waals surface area contributed by atoms with E-state index in [1.807, 2.05) is 0 Å². The van der Waals surface area contributed by atoms with Gasteiger partial charge in [-0.15, -0.1) is 0 Å². The molecule has 0 aliphatic heterocycles. The number of aryl methyl sites for hydroxylation is 1. The molecule has 1 amide bonds. The zero-order valence-electron chi connectivity index (χ0n) is 15.5. The molecular formula is C17H24ClN5O3. The van der Waals surface area contributed by atoms with Crippen LogP contribution in [0.3, 0.4) is 0 Å². The van der Waals surface area contributed by atoms with Crippen LogP contribution in [0.5, 0.6) is 0 Å². The number of hydrogen-bond acceptors (Lipinski definition) is 4. The Morgan fingerprint density at radius 3 is 2.62 bits per heavy atom. The van der Waals surface area contributed by atoms with Crippen LogP contribution in [0.25, 0.3) is 11.2 Å². The zero-order chi connectivity index (χ0) is 19.2. The van der Waals surface area contributed by atoms with E-state index < -0.39 is 11.2 Å². The summed E-state index contributed by atoms with van der Waals surface area (Å²) < 4.78 is 3.60. The second-order valence-electron chi connectivity index (χ2n) is 7.29. The molecule has 142 valence electrons. The third kappa shape index (κ3) is 3.06. The molecule has 9 heteroatoms. The summed E-state index contributed by atoms with van der Waals surface area (Å²) >= 11 is 6.16. The van der Waals surface area contributed by atoms with E-state index in [2.05, 4.69) is 24.1 Å². The van der Waals surface area contributed by atoms with Gasteiger partial charge in [-0.3, -0.25) is 23.3 Å². The van der Waals surface area contributed by atoms with Crippen molar-refractivity contribution in [3.05, 3.63) is 26.1 Å². The highest BCUT2D eigenvalue weighted by atomic mass is 35.5. The largest absolute Gasteiger partial charge is 0.352 e. The van der Waals surface area contributed by atoms with E-state index in [0.29, 0.717) is 11.8 Å². The van der Waals surface area contributed by atoms with Crippen LogP contribution < -0.4 is 16.6 Å². The Kier molecular flexibility index (Phi) is 4.96. The number of rotatable bonds is 3. The lowest BCUT2D eigenvalue weighted by molar-refractivity contribution is -0.123. The molecule has 8 nitrogen and oxygen atoms in total. The summed E-state index contributed by atoms with van der Waals surface area (Å²) in [4.78, 5) is 41.2. The van der Waals surface area contributed by atoms with Gasteiger partial charge in [0.2, 0.25) is 11.2 Å². The third-order valence-electron chi connectivity index (χ3n) is 5.66. The van der Waals surface area contributed by atoms with Crippen LogP contribution >= 0.6 is 11.6 Å². The fourth-order valence-corrected chi connectivity index (χ4v) is 3.97. The molecule has 26 heavy (non-hydrogen) atoms. The number of nitrogens with one attached hydrogen (secondary N) is 1. The zero-order valence-corrected chi connectivity index (χ0v) is 16.2. The van der Waals surface area contributed by atoms with E-state index in [9.17, 15) is 14.4 Å². The molecule has 1 fully saturated rings. The molecule has 1 N–H and O–H groups in total. The Labute approximate surface area is 155 Å². The predicted molar refractivity (Wildman–Crippen MR) is 99.3 cm³/mol. The van der Waals surface area contributed by atoms with Crippen molar-refractivity contribution in [1.29, 1.82) is 0 Å². The van der Waals surface area contributed by atoms with Crippen LogP contribution in [0.2, 0.25) is 5.28 Å². The highest BCUT2D eigenvalue weighted by Gasteiger charge is 2.28. The molecule has 0 unspecified atom stereocenters. The molecule has 0 aromatic carbocycles. The van der Waals surface area contributed by atoms with E-state index in [0.717, 1.165) is 17.4 Å². The molecule has 3 atom stereocenters. The van der Waals surface area contributed by atoms with Gasteiger partial charge < -0.3 is 5.32 Å². The van der Waals surface area contributed by atoms with Crippen LogP contribution in [0.4, 0.5) is 0 Å². The smallest absolute Gasteiger partial charge is 0.332 e. The van der Waals surface area contributed by atoms with Gasteiger partial charge in [0, 0.05) is 20.1 Å². The molecule has 2 heterocycles. The molecule has 2 aromatic rings. The van der Waals surface area contributed by atoms with Gasteiger partial charge in [0.25, 0.3) is 5.56 Å². The number of hydrogen-bond donors (Lipinski definition) is 1. The normalized spacial score (nSPS) is 23.3. The van der Waals surface area contributed by atoms with Crippen LogP contribution in [0, 0.1) is 11.8 Å². The van der Waals surface area contributed by atoms with Crippen molar-refractivity contribution in [2.75, 3.05) is 0 Å². The number of amides is 1. The summed E-state index contributed by atoms with van der Waals surface area (Å²) in [5.41, 5.74) is -0.677. The first-order valence-electron chi connectivity index (χ1n) is 8.83. The molecule has 0 radical (unpaired) electrons. The highest BCUT2D eigenvalue weighted by molar-refractivity contribution is 6.29. The van der Waals surface area contributed by atoms with Crippen LogP contribution in [-0.4, -0.2) is 30.6 Å². The molecule has 0 bridgehead atoms. The maximum Gasteiger partial charge on any atom is 0.332 e. The first kappa shape index (κ1) is 18.7. The summed E-state index contributed by atoms with van der Waals surface area (Å²) in [6.45, 7) is 4.24. The van der Waals surface area contributed by atoms with E-state index in [-0.39, 0.29) is 34.9 Å². The van der Waals surface area contributed by atoms with Gasteiger partial charge in [0.1, 0.15) is 6.54 Å². The van der Waals surface area contributed by atoms with Crippen molar-refractivity contribution in [2.45, 2.75) is 45.7 Å². The topological polar surface area (TPSA) is 90.9 Å². The number of halogens is 1. The Morgan fingerprint density at radius 2 is 1.92 bits per heavy atom. The third-order valence-corrected chi connectivity index (χ3v) is 5.94.